The number of aromatic hydroxyl groups is 1. The summed E-state index contributed by atoms with van der Waals surface area (Å²) < 4.78 is 11.0. The molecule has 150 valence electrons. The van der Waals surface area contributed by atoms with E-state index in [1.54, 1.807) is 24.3 Å². The van der Waals surface area contributed by atoms with Crippen molar-refractivity contribution in [3.05, 3.63) is 90.0 Å². The SMILES string of the molecule is Oc1ccc(C2(c3ccc(OP(O)Oc4ccccc4)cc3)CCCCC2)cc1. The van der Waals surface area contributed by atoms with Crippen LogP contribution in [0.5, 0.6) is 17.2 Å². The van der Waals surface area contributed by atoms with E-state index in [0.717, 1.165) is 12.8 Å². The van der Waals surface area contributed by atoms with Gasteiger partial charge in [0.15, 0.2) is 0 Å². The zero-order valence-corrected chi connectivity index (χ0v) is 17.1. The molecule has 1 unspecified atom stereocenters. The van der Waals surface area contributed by atoms with E-state index in [4.69, 9.17) is 9.05 Å². The van der Waals surface area contributed by atoms with Gasteiger partial charge in [-0.3, -0.25) is 0 Å². The molecule has 29 heavy (non-hydrogen) atoms. The number of para-hydroxylation sites is 1. The Hall–Kier alpha value is -2.55. The van der Waals surface area contributed by atoms with Crippen LogP contribution in [0, 0.1) is 0 Å². The van der Waals surface area contributed by atoms with Gasteiger partial charge in [-0.15, -0.1) is 0 Å². The van der Waals surface area contributed by atoms with Gasteiger partial charge in [0.1, 0.15) is 17.2 Å². The molecule has 4 rings (SSSR count). The predicted molar refractivity (Wildman–Crippen MR) is 115 cm³/mol. The lowest BCUT2D eigenvalue weighted by Crippen LogP contribution is -2.30. The summed E-state index contributed by atoms with van der Waals surface area (Å²) in [7, 11) is -2.05. The van der Waals surface area contributed by atoms with Gasteiger partial charge in [0, 0.05) is 5.41 Å². The molecule has 1 aliphatic carbocycles. The highest BCUT2D eigenvalue weighted by Gasteiger charge is 2.35. The third kappa shape index (κ3) is 4.55. The largest absolute Gasteiger partial charge is 0.508 e. The Bertz CT molecular complexity index is 904. The first-order valence-corrected chi connectivity index (χ1v) is 11.1. The fraction of sp³-hybridized carbons (Fsp3) is 0.250. The van der Waals surface area contributed by atoms with E-state index in [9.17, 15) is 10.00 Å². The fourth-order valence-corrected chi connectivity index (χ4v) is 4.84. The smallest absolute Gasteiger partial charge is 0.460 e. The van der Waals surface area contributed by atoms with Crippen molar-refractivity contribution in [2.75, 3.05) is 0 Å². The molecule has 4 nitrogen and oxygen atoms in total. The molecule has 0 amide bonds. The zero-order valence-electron chi connectivity index (χ0n) is 16.2. The maximum Gasteiger partial charge on any atom is 0.460 e. The summed E-state index contributed by atoms with van der Waals surface area (Å²) in [5.74, 6) is 1.44. The van der Waals surface area contributed by atoms with Crippen molar-refractivity contribution in [3.63, 3.8) is 0 Å². The molecule has 0 spiro atoms. The third-order valence-corrected chi connectivity index (χ3v) is 6.38. The second kappa shape index (κ2) is 8.86. The van der Waals surface area contributed by atoms with E-state index in [1.165, 1.54) is 30.4 Å². The van der Waals surface area contributed by atoms with Crippen molar-refractivity contribution in [1.29, 1.82) is 0 Å². The van der Waals surface area contributed by atoms with Crippen molar-refractivity contribution in [3.8, 4) is 17.2 Å². The number of hydrogen-bond donors (Lipinski definition) is 2. The van der Waals surface area contributed by atoms with Crippen LogP contribution in [0.3, 0.4) is 0 Å². The van der Waals surface area contributed by atoms with Crippen LogP contribution < -0.4 is 9.05 Å². The Balaban J connectivity index is 1.52. The first-order chi connectivity index (χ1) is 14.2. The summed E-state index contributed by atoms with van der Waals surface area (Å²) in [5.41, 5.74) is 2.43. The molecule has 3 aromatic rings. The van der Waals surface area contributed by atoms with Crippen LogP contribution in [0.4, 0.5) is 0 Å². The van der Waals surface area contributed by atoms with Gasteiger partial charge in [0.25, 0.3) is 0 Å². The topological polar surface area (TPSA) is 58.9 Å². The zero-order chi connectivity index (χ0) is 20.1. The minimum absolute atomic E-state index is 0.0467. The molecule has 1 saturated carbocycles. The summed E-state index contributed by atoms with van der Waals surface area (Å²) in [6.07, 6.45) is 5.80. The van der Waals surface area contributed by atoms with E-state index in [1.807, 2.05) is 42.5 Å². The van der Waals surface area contributed by atoms with Crippen molar-refractivity contribution in [2.45, 2.75) is 37.5 Å². The molecule has 0 aliphatic heterocycles. The van der Waals surface area contributed by atoms with E-state index >= 15 is 0 Å². The van der Waals surface area contributed by atoms with Crippen molar-refractivity contribution >= 4 is 8.60 Å². The Kier molecular flexibility index (Phi) is 6.03. The first kappa shape index (κ1) is 19.8. The average molecular weight is 408 g/mol. The lowest BCUT2D eigenvalue weighted by molar-refractivity contribution is 0.345. The first-order valence-electron chi connectivity index (χ1n) is 9.96. The molecule has 1 atom stereocenters. The number of phenolic OH excluding ortho intramolecular Hbond substituents is 1. The Morgan fingerprint density at radius 2 is 1.17 bits per heavy atom. The maximum atomic E-state index is 10.1. The number of benzene rings is 3. The van der Waals surface area contributed by atoms with Gasteiger partial charge < -0.3 is 19.0 Å². The molecule has 1 fully saturated rings. The van der Waals surface area contributed by atoms with E-state index in [2.05, 4.69) is 12.1 Å². The standard InChI is InChI=1S/C24H25O4P/c25-21-13-9-19(10-14-21)24(17-5-2-6-18-24)20-11-15-23(16-12-20)28-29(26)27-22-7-3-1-4-8-22/h1,3-4,7-16,25-26H,2,5-6,17-18H2. The van der Waals surface area contributed by atoms with Gasteiger partial charge >= 0.3 is 8.60 Å². The Morgan fingerprint density at radius 1 is 0.655 bits per heavy atom. The molecule has 1 aliphatic rings. The molecule has 0 heterocycles. The molecule has 2 N–H and O–H groups in total. The number of rotatable bonds is 6. The fourth-order valence-electron chi connectivity index (χ4n) is 4.19. The monoisotopic (exact) mass is 408 g/mol. The molecular weight excluding hydrogens is 383 g/mol. The molecule has 0 saturated heterocycles. The highest BCUT2D eigenvalue weighted by atomic mass is 31.2. The van der Waals surface area contributed by atoms with Gasteiger partial charge in [-0.1, -0.05) is 61.7 Å². The average Bonchev–Trinajstić information content (AvgIpc) is 2.76. The van der Waals surface area contributed by atoms with E-state index in [0.29, 0.717) is 11.5 Å². The predicted octanol–water partition coefficient (Wildman–Crippen LogP) is 6.32. The Labute approximate surface area is 172 Å². The highest BCUT2D eigenvalue weighted by Crippen LogP contribution is 2.46. The molecule has 3 aromatic carbocycles. The normalized spacial score (nSPS) is 16.7. The minimum Gasteiger partial charge on any atom is -0.508 e. The lowest BCUT2D eigenvalue weighted by atomic mass is 9.65. The van der Waals surface area contributed by atoms with E-state index < -0.39 is 8.60 Å². The highest BCUT2D eigenvalue weighted by molar-refractivity contribution is 7.41. The van der Waals surface area contributed by atoms with Crippen molar-refractivity contribution in [2.24, 2.45) is 0 Å². The molecule has 0 bridgehead atoms. The Morgan fingerprint density at radius 3 is 1.76 bits per heavy atom. The summed E-state index contributed by atoms with van der Waals surface area (Å²) in [4.78, 5) is 10.1. The second-order valence-electron chi connectivity index (χ2n) is 7.45. The molecular formula is C24H25O4P. The van der Waals surface area contributed by atoms with Crippen LogP contribution in [0.1, 0.15) is 43.2 Å². The van der Waals surface area contributed by atoms with Gasteiger partial charge in [-0.05, 0) is 60.4 Å². The van der Waals surface area contributed by atoms with Crippen molar-refractivity contribution < 1.29 is 19.0 Å². The van der Waals surface area contributed by atoms with Gasteiger partial charge in [-0.2, -0.15) is 0 Å². The van der Waals surface area contributed by atoms with Crippen LogP contribution in [-0.4, -0.2) is 10.00 Å². The number of hydrogen-bond acceptors (Lipinski definition) is 4. The van der Waals surface area contributed by atoms with E-state index in [-0.39, 0.29) is 11.2 Å². The van der Waals surface area contributed by atoms with Crippen LogP contribution in [0.25, 0.3) is 0 Å². The quantitative estimate of drug-likeness (QED) is 0.469. The summed E-state index contributed by atoms with van der Waals surface area (Å²) in [6.45, 7) is 0. The van der Waals surface area contributed by atoms with Crippen LogP contribution in [0.15, 0.2) is 78.9 Å². The van der Waals surface area contributed by atoms with Crippen LogP contribution >= 0.6 is 8.60 Å². The summed E-state index contributed by atoms with van der Waals surface area (Å²) in [6, 6.07) is 24.7. The number of phenols is 1. The summed E-state index contributed by atoms with van der Waals surface area (Å²) in [5, 5.41) is 9.69. The van der Waals surface area contributed by atoms with Gasteiger partial charge in [0.05, 0.1) is 0 Å². The second-order valence-corrected chi connectivity index (χ2v) is 8.29. The molecule has 0 radical (unpaired) electrons. The van der Waals surface area contributed by atoms with Crippen LogP contribution in [0.2, 0.25) is 0 Å². The van der Waals surface area contributed by atoms with Gasteiger partial charge in [0.2, 0.25) is 0 Å². The molecule has 0 aromatic heterocycles. The van der Waals surface area contributed by atoms with Gasteiger partial charge in [-0.25, -0.2) is 0 Å². The lowest BCUT2D eigenvalue weighted by Gasteiger charge is -2.38. The van der Waals surface area contributed by atoms with Crippen LogP contribution in [-0.2, 0) is 5.41 Å². The maximum absolute atomic E-state index is 10.1. The molecule has 5 heteroatoms. The summed E-state index contributed by atoms with van der Waals surface area (Å²) >= 11 is 0. The minimum atomic E-state index is -2.05. The van der Waals surface area contributed by atoms with Crippen molar-refractivity contribution in [1.82, 2.24) is 0 Å². The third-order valence-electron chi connectivity index (χ3n) is 5.64.